The fraction of sp³-hybridized carbons (Fsp3) is 0.364. The molecule has 1 spiro atoms. The second-order valence-corrected chi connectivity index (χ2v) is 4.19. The molecule has 13 heavy (non-hydrogen) atoms. The van der Waals surface area contributed by atoms with Crippen molar-refractivity contribution in [3.8, 4) is 5.75 Å². The van der Waals surface area contributed by atoms with Crippen molar-refractivity contribution in [3.63, 3.8) is 0 Å². The number of hydrogen-bond acceptors (Lipinski definition) is 2. The van der Waals surface area contributed by atoms with Gasteiger partial charge >= 0.3 is 0 Å². The first-order valence-electron chi connectivity index (χ1n) is 4.63. The van der Waals surface area contributed by atoms with Crippen LogP contribution in [0.5, 0.6) is 5.75 Å². The number of carbonyl (C=O) groups is 1. The zero-order valence-corrected chi connectivity index (χ0v) is 6.99. The van der Waals surface area contributed by atoms with Crippen LogP contribution in [0.25, 0.3) is 0 Å². The standard InChI is InChI=1S/C11H8O2/c12-7-5-11-9(10(7)11)6-3-1-2-4-8(6)13-11/h1-4,9-10H,5H2. The van der Waals surface area contributed by atoms with Gasteiger partial charge < -0.3 is 4.74 Å². The number of fused-ring (bicyclic) bond motifs is 3. The molecule has 1 aromatic carbocycles. The van der Waals surface area contributed by atoms with Gasteiger partial charge in [0.2, 0.25) is 0 Å². The van der Waals surface area contributed by atoms with Crippen LogP contribution in [0.15, 0.2) is 24.3 Å². The second-order valence-electron chi connectivity index (χ2n) is 4.19. The fourth-order valence-electron chi connectivity index (χ4n) is 2.99. The van der Waals surface area contributed by atoms with E-state index >= 15 is 0 Å². The van der Waals surface area contributed by atoms with Gasteiger partial charge in [-0.1, -0.05) is 18.2 Å². The Morgan fingerprint density at radius 3 is 3.00 bits per heavy atom. The molecule has 2 nitrogen and oxygen atoms in total. The zero-order valence-electron chi connectivity index (χ0n) is 6.99. The Morgan fingerprint density at radius 1 is 1.31 bits per heavy atom. The molecule has 1 aliphatic heterocycles. The molecule has 0 aromatic heterocycles. The van der Waals surface area contributed by atoms with Gasteiger partial charge in [0.1, 0.15) is 17.1 Å². The van der Waals surface area contributed by atoms with Crippen LogP contribution in [0.1, 0.15) is 17.9 Å². The van der Waals surface area contributed by atoms with E-state index in [1.54, 1.807) is 0 Å². The average molecular weight is 172 g/mol. The molecule has 3 atom stereocenters. The van der Waals surface area contributed by atoms with Crippen molar-refractivity contribution >= 4 is 5.78 Å². The highest BCUT2D eigenvalue weighted by Crippen LogP contribution is 2.74. The van der Waals surface area contributed by atoms with Crippen molar-refractivity contribution in [3.05, 3.63) is 29.8 Å². The quantitative estimate of drug-likeness (QED) is 0.592. The summed E-state index contributed by atoms with van der Waals surface area (Å²) in [7, 11) is 0. The summed E-state index contributed by atoms with van der Waals surface area (Å²) in [5.41, 5.74) is 1.18. The number of ketones is 1. The molecule has 0 saturated heterocycles. The van der Waals surface area contributed by atoms with Crippen molar-refractivity contribution in [1.82, 2.24) is 0 Å². The first-order chi connectivity index (χ1) is 6.33. The van der Waals surface area contributed by atoms with E-state index in [1.807, 2.05) is 18.2 Å². The third-order valence-electron chi connectivity index (χ3n) is 3.63. The number of benzene rings is 1. The van der Waals surface area contributed by atoms with Crippen LogP contribution in [0.3, 0.4) is 0 Å². The number of Topliss-reactive ketones (excluding diaryl/α,β-unsaturated/α-hetero) is 1. The largest absolute Gasteiger partial charge is 0.485 e. The molecular weight excluding hydrogens is 164 g/mol. The minimum atomic E-state index is -0.0687. The summed E-state index contributed by atoms with van der Waals surface area (Å²) >= 11 is 0. The minimum Gasteiger partial charge on any atom is -0.485 e. The SMILES string of the molecule is O=C1CC23Oc4ccccc4C2C13. The predicted molar refractivity (Wildman–Crippen MR) is 45.7 cm³/mol. The first kappa shape index (κ1) is 6.19. The summed E-state index contributed by atoms with van der Waals surface area (Å²) in [5, 5.41) is 0. The lowest BCUT2D eigenvalue weighted by molar-refractivity contribution is -0.130. The number of rotatable bonds is 0. The molecular formula is C11H8O2. The van der Waals surface area contributed by atoms with Crippen molar-refractivity contribution in [1.29, 1.82) is 0 Å². The maximum absolute atomic E-state index is 11.2. The smallest absolute Gasteiger partial charge is 0.144 e. The van der Waals surface area contributed by atoms with E-state index in [4.69, 9.17) is 4.74 Å². The molecule has 0 radical (unpaired) electrons. The normalized spacial score (nSPS) is 42.6. The zero-order chi connectivity index (χ0) is 8.63. The van der Waals surface area contributed by atoms with E-state index < -0.39 is 0 Å². The highest BCUT2D eigenvalue weighted by Gasteiger charge is 2.82. The predicted octanol–water partition coefficient (Wildman–Crippen LogP) is 1.50. The van der Waals surface area contributed by atoms with E-state index in [9.17, 15) is 4.79 Å². The fourth-order valence-corrected chi connectivity index (χ4v) is 2.99. The Kier molecular flexibility index (Phi) is 0.724. The van der Waals surface area contributed by atoms with Crippen LogP contribution in [-0.2, 0) is 4.79 Å². The monoisotopic (exact) mass is 172 g/mol. The molecule has 2 heteroatoms. The molecule has 64 valence electrons. The highest BCUT2D eigenvalue weighted by atomic mass is 16.5. The number of ether oxygens (including phenoxy) is 1. The van der Waals surface area contributed by atoms with Gasteiger partial charge in [0.25, 0.3) is 0 Å². The van der Waals surface area contributed by atoms with Gasteiger partial charge in [-0.15, -0.1) is 0 Å². The topological polar surface area (TPSA) is 26.3 Å². The van der Waals surface area contributed by atoms with Gasteiger partial charge in [-0.25, -0.2) is 0 Å². The van der Waals surface area contributed by atoms with Crippen LogP contribution in [-0.4, -0.2) is 11.4 Å². The van der Waals surface area contributed by atoms with Gasteiger partial charge in [-0.3, -0.25) is 4.79 Å². The van der Waals surface area contributed by atoms with Gasteiger partial charge in [0.15, 0.2) is 0 Å². The van der Waals surface area contributed by atoms with E-state index in [0.717, 1.165) is 5.75 Å². The summed E-state index contributed by atoms with van der Waals surface area (Å²) in [4.78, 5) is 11.2. The maximum atomic E-state index is 11.2. The van der Waals surface area contributed by atoms with Crippen LogP contribution in [0.4, 0.5) is 0 Å². The number of carbonyl (C=O) groups excluding carboxylic acids is 1. The third kappa shape index (κ3) is 0.464. The summed E-state index contributed by atoms with van der Waals surface area (Å²) in [6.07, 6.45) is 0.636. The van der Waals surface area contributed by atoms with Crippen LogP contribution >= 0.6 is 0 Å². The Bertz CT molecular complexity index is 437. The lowest BCUT2D eigenvalue weighted by atomic mass is 9.94. The lowest BCUT2D eigenvalue weighted by Gasteiger charge is -2.23. The average Bonchev–Trinajstić information content (AvgIpc) is 2.49. The molecule has 3 aliphatic rings. The minimum absolute atomic E-state index is 0.0687. The second kappa shape index (κ2) is 1.52. The summed E-state index contributed by atoms with van der Waals surface area (Å²) in [6, 6.07) is 8.08. The molecule has 3 unspecified atom stereocenters. The van der Waals surface area contributed by atoms with E-state index in [-0.39, 0.29) is 11.5 Å². The van der Waals surface area contributed by atoms with Crippen molar-refractivity contribution < 1.29 is 9.53 Å². The lowest BCUT2D eigenvalue weighted by Crippen LogP contribution is -2.36. The maximum Gasteiger partial charge on any atom is 0.144 e. The third-order valence-corrected chi connectivity index (χ3v) is 3.63. The first-order valence-corrected chi connectivity index (χ1v) is 4.63. The molecule has 0 amide bonds. The molecule has 2 aliphatic carbocycles. The summed E-state index contributed by atoms with van der Waals surface area (Å²) in [6.45, 7) is 0. The molecule has 1 heterocycles. The molecule has 2 fully saturated rings. The van der Waals surface area contributed by atoms with E-state index in [0.29, 0.717) is 18.1 Å². The summed E-state index contributed by atoms with van der Waals surface area (Å²) in [5.74, 6) is 1.99. The van der Waals surface area contributed by atoms with Crippen LogP contribution < -0.4 is 4.74 Å². The van der Waals surface area contributed by atoms with Crippen molar-refractivity contribution in [2.45, 2.75) is 17.9 Å². The van der Waals surface area contributed by atoms with Gasteiger partial charge in [-0.05, 0) is 6.07 Å². The molecule has 2 saturated carbocycles. The van der Waals surface area contributed by atoms with Gasteiger partial charge in [-0.2, -0.15) is 0 Å². The Balaban J connectivity index is 1.91. The molecule has 0 N–H and O–H groups in total. The van der Waals surface area contributed by atoms with Crippen LogP contribution in [0.2, 0.25) is 0 Å². The molecule has 1 aromatic rings. The van der Waals surface area contributed by atoms with Crippen molar-refractivity contribution in [2.75, 3.05) is 0 Å². The Labute approximate surface area is 75.5 Å². The highest BCUT2D eigenvalue weighted by molar-refractivity contribution is 5.99. The molecule has 4 rings (SSSR count). The number of para-hydroxylation sites is 1. The summed E-state index contributed by atoms with van der Waals surface area (Å²) < 4.78 is 5.82. The van der Waals surface area contributed by atoms with Gasteiger partial charge in [0, 0.05) is 17.9 Å². The Hall–Kier alpha value is -1.31. The van der Waals surface area contributed by atoms with Crippen LogP contribution in [0, 0.1) is 5.92 Å². The van der Waals surface area contributed by atoms with E-state index in [1.165, 1.54) is 5.56 Å². The number of hydrogen-bond donors (Lipinski definition) is 0. The van der Waals surface area contributed by atoms with E-state index in [2.05, 4.69) is 6.07 Å². The molecule has 0 bridgehead atoms. The van der Waals surface area contributed by atoms with Gasteiger partial charge in [0.05, 0.1) is 5.92 Å². The Morgan fingerprint density at radius 2 is 2.15 bits per heavy atom. The van der Waals surface area contributed by atoms with Crippen molar-refractivity contribution in [2.24, 2.45) is 5.92 Å².